The number of rotatable bonds is 5. The Bertz CT molecular complexity index is 1020. The van der Waals surface area contributed by atoms with Crippen LogP contribution < -0.4 is 15.4 Å². The van der Waals surface area contributed by atoms with Gasteiger partial charge in [-0.25, -0.2) is 0 Å². The van der Waals surface area contributed by atoms with Gasteiger partial charge in [-0.15, -0.1) is 0 Å². The Morgan fingerprint density at radius 3 is 1.93 bits per heavy atom. The number of benzene rings is 3. The molecule has 0 saturated heterocycles. The third kappa shape index (κ3) is 5.02. The van der Waals surface area contributed by atoms with Crippen LogP contribution in [-0.2, 0) is 0 Å². The van der Waals surface area contributed by atoms with Crippen LogP contribution in [0.3, 0.4) is 0 Å². The van der Waals surface area contributed by atoms with E-state index < -0.39 is 0 Å². The highest BCUT2D eigenvalue weighted by atomic mass is 127. The molecule has 0 bridgehead atoms. The Morgan fingerprint density at radius 1 is 0.857 bits per heavy atom. The van der Waals surface area contributed by atoms with Crippen molar-refractivity contribution in [3.63, 3.8) is 0 Å². The van der Waals surface area contributed by atoms with Crippen LogP contribution in [0, 0.1) is 3.57 Å². The van der Waals surface area contributed by atoms with Crippen molar-refractivity contribution in [1.29, 1.82) is 0 Å². The predicted octanol–water partition coefficient (Wildman–Crippen LogP) is 5.46. The Hall–Kier alpha value is -2.58. The molecule has 5 nitrogen and oxygen atoms in total. The molecule has 0 aromatic heterocycles. The fraction of sp³-hybridized carbons (Fsp3) is 0.0476. The molecule has 0 unspecified atom stereocenters. The molecule has 28 heavy (non-hydrogen) atoms. The summed E-state index contributed by atoms with van der Waals surface area (Å²) in [6.07, 6.45) is 0. The van der Waals surface area contributed by atoms with Gasteiger partial charge in [-0.2, -0.15) is 0 Å². The number of methoxy groups -OCH3 is 1. The summed E-state index contributed by atoms with van der Waals surface area (Å²) in [6, 6.07) is 19.0. The SMILES string of the molecule is COc1ccc(C(=O)Nc2ccc(NC(=O)c3cccc(I)c3)cc2)cc1Cl. The number of anilines is 2. The van der Waals surface area contributed by atoms with Crippen molar-refractivity contribution >= 4 is 57.4 Å². The minimum atomic E-state index is -0.291. The number of hydrogen-bond donors (Lipinski definition) is 2. The van der Waals surface area contributed by atoms with Gasteiger partial charge >= 0.3 is 0 Å². The number of ether oxygens (including phenoxy) is 1. The first kappa shape index (κ1) is 20.2. The van der Waals surface area contributed by atoms with Gasteiger partial charge in [0.15, 0.2) is 0 Å². The van der Waals surface area contributed by atoms with E-state index in [2.05, 4.69) is 33.2 Å². The largest absolute Gasteiger partial charge is 0.495 e. The Balaban J connectivity index is 1.65. The van der Waals surface area contributed by atoms with Gasteiger partial charge < -0.3 is 15.4 Å². The lowest BCUT2D eigenvalue weighted by molar-refractivity contribution is 0.101. The molecule has 7 heteroatoms. The number of hydrogen-bond acceptors (Lipinski definition) is 3. The molecular formula is C21H16ClIN2O3. The van der Waals surface area contributed by atoms with E-state index in [9.17, 15) is 9.59 Å². The summed E-state index contributed by atoms with van der Waals surface area (Å²) in [4.78, 5) is 24.7. The van der Waals surface area contributed by atoms with Gasteiger partial charge in [0.2, 0.25) is 0 Å². The number of carbonyl (C=O) groups is 2. The van der Waals surface area contributed by atoms with E-state index in [-0.39, 0.29) is 11.8 Å². The molecule has 0 aliphatic rings. The first-order valence-corrected chi connectivity index (χ1v) is 9.74. The van der Waals surface area contributed by atoms with Crippen LogP contribution in [-0.4, -0.2) is 18.9 Å². The van der Waals surface area contributed by atoms with Crippen molar-refractivity contribution in [3.05, 3.63) is 86.4 Å². The lowest BCUT2D eigenvalue weighted by atomic mass is 10.2. The molecule has 0 aliphatic heterocycles. The maximum absolute atomic E-state index is 12.4. The molecule has 3 aromatic carbocycles. The smallest absolute Gasteiger partial charge is 0.255 e. The Morgan fingerprint density at radius 2 is 1.43 bits per heavy atom. The number of halogens is 2. The predicted molar refractivity (Wildman–Crippen MR) is 120 cm³/mol. The standard InChI is InChI=1S/C21H16ClIN2O3/c1-28-19-10-5-14(12-18(19)22)21(27)25-17-8-6-16(7-9-17)24-20(26)13-3-2-4-15(23)11-13/h2-12H,1H3,(H,24,26)(H,25,27). The second kappa shape index (κ2) is 9.07. The molecule has 3 aromatic rings. The molecule has 0 fully saturated rings. The first-order valence-electron chi connectivity index (χ1n) is 8.28. The molecule has 0 atom stereocenters. The maximum atomic E-state index is 12.4. The summed E-state index contributed by atoms with van der Waals surface area (Å²) in [5, 5.41) is 5.99. The van der Waals surface area contributed by atoms with Gasteiger partial charge in [-0.05, 0) is 83.3 Å². The number of carbonyl (C=O) groups excluding carboxylic acids is 2. The number of nitrogens with one attached hydrogen (secondary N) is 2. The van der Waals surface area contributed by atoms with E-state index in [0.717, 1.165) is 3.57 Å². The van der Waals surface area contributed by atoms with E-state index in [4.69, 9.17) is 16.3 Å². The van der Waals surface area contributed by atoms with Gasteiger partial charge in [0.05, 0.1) is 12.1 Å². The lowest BCUT2D eigenvalue weighted by Gasteiger charge is -2.09. The summed E-state index contributed by atoms with van der Waals surface area (Å²) in [6.45, 7) is 0. The Labute approximate surface area is 181 Å². The lowest BCUT2D eigenvalue weighted by Crippen LogP contribution is -2.13. The fourth-order valence-electron chi connectivity index (χ4n) is 2.48. The molecule has 0 aliphatic carbocycles. The van der Waals surface area contributed by atoms with Crippen molar-refractivity contribution in [1.82, 2.24) is 0 Å². The minimum Gasteiger partial charge on any atom is -0.495 e. The van der Waals surface area contributed by atoms with Crippen molar-refractivity contribution in [2.45, 2.75) is 0 Å². The van der Waals surface area contributed by atoms with Gasteiger partial charge in [-0.3, -0.25) is 9.59 Å². The fourth-order valence-corrected chi connectivity index (χ4v) is 3.28. The van der Waals surface area contributed by atoms with Gasteiger partial charge in [-0.1, -0.05) is 17.7 Å². The monoisotopic (exact) mass is 506 g/mol. The van der Waals surface area contributed by atoms with Gasteiger partial charge in [0.1, 0.15) is 5.75 Å². The first-order chi connectivity index (χ1) is 13.5. The van der Waals surface area contributed by atoms with Crippen LogP contribution in [0.15, 0.2) is 66.7 Å². The molecule has 0 radical (unpaired) electrons. The van der Waals surface area contributed by atoms with E-state index in [1.165, 1.54) is 7.11 Å². The summed E-state index contributed by atoms with van der Waals surface area (Å²) in [5.41, 5.74) is 2.24. The van der Waals surface area contributed by atoms with E-state index >= 15 is 0 Å². The zero-order valence-electron chi connectivity index (χ0n) is 14.8. The van der Waals surface area contributed by atoms with E-state index in [0.29, 0.717) is 33.3 Å². The molecule has 0 spiro atoms. The van der Waals surface area contributed by atoms with Crippen molar-refractivity contribution in [2.24, 2.45) is 0 Å². The highest BCUT2D eigenvalue weighted by molar-refractivity contribution is 14.1. The normalized spacial score (nSPS) is 10.2. The van der Waals surface area contributed by atoms with Crippen LogP contribution in [0.2, 0.25) is 5.02 Å². The molecular weight excluding hydrogens is 491 g/mol. The summed E-state index contributed by atoms with van der Waals surface area (Å²) in [5.74, 6) is 0.0230. The molecule has 2 amide bonds. The Kier molecular flexibility index (Phi) is 6.53. The average Bonchev–Trinajstić information content (AvgIpc) is 2.69. The van der Waals surface area contributed by atoms with Crippen LogP contribution in [0.1, 0.15) is 20.7 Å². The zero-order chi connectivity index (χ0) is 20.1. The molecule has 3 rings (SSSR count). The summed E-state index contributed by atoms with van der Waals surface area (Å²) in [7, 11) is 1.51. The second-order valence-corrected chi connectivity index (χ2v) is 7.50. The summed E-state index contributed by atoms with van der Waals surface area (Å²) >= 11 is 8.22. The third-order valence-corrected chi connectivity index (χ3v) is 4.87. The zero-order valence-corrected chi connectivity index (χ0v) is 17.7. The highest BCUT2D eigenvalue weighted by Crippen LogP contribution is 2.25. The summed E-state index contributed by atoms with van der Waals surface area (Å²) < 4.78 is 6.07. The minimum absolute atomic E-state index is 0.192. The van der Waals surface area contributed by atoms with Crippen LogP contribution in [0.25, 0.3) is 0 Å². The van der Waals surface area contributed by atoms with Crippen molar-refractivity contribution < 1.29 is 14.3 Å². The van der Waals surface area contributed by atoms with Crippen molar-refractivity contribution in [2.75, 3.05) is 17.7 Å². The van der Waals surface area contributed by atoms with Crippen LogP contribution in [0.4, 0.5) is 11.4 Å². The molecule has 0 saturated carbocycles. The highest BCUT2D eigenvalue weighted by Gasteiger charge is 2.10. The molecule has 2 N–H and O–H groups in total. The van der Waals surface area contributed by atoms with Crippen molar-refractivity contribution in [3.8, 4) is 5.75 Å². The van der Waals surface area contributed by atoms with Gasteiger partial charge in [0.25, 0.3) is 11.8 Å². The maximum Gasteiger partial charge on any atom is 0.255 e. The average molecular weight is 507 g/mol. The third-order valence-electron chi connectivity index (χ3n) is 3.90. The van der Waals surface area contributed by atoms with E-state index in [1.807, 2.05) is 18.2 Å². The molecule has 142 valence electrons. The van der Waals surface area contributed by atoms with Crippen LogP contribution in [0.5, 0.6) is 5.75 Å². The quantitative estimate of drug-likeness (QED) is 0.452. The number of amides is 2. The van der Waals surface area contributed by atoms with Crippen LogP contribution >= 0.6 is 34.2 Å². The molecule has 0 heterocycles. The topological polar surface area (TPSA) is 67.4 Å². The van der Waals surface area contributed by atoms with E-state index in [1.54, 1.807) is 48.5 Å². The second-order valence-electron chi connectivity index (χ2n) is 5.85. The van der Waals surface area contributed by atoms with Gasteiger partial charge in [0, 0.05) is 26.1 Å².